The molecule has 2 nitrogen and oxygen atoms in total. The first-order valence-electron chi connectivity index (χ1n) is 9.94. The highest BCUT2D eigenvalue weighted by atomic mass is 16.1. The van der Waals surface area contributed by atoms with Crippen LogP contribution in [-0.2, 0) is 5.41 Å². The first kappa shape index (κ1) is 19.9. The Labute approximate surface area is 168 Å². The Balaban J connectivity index is 1.65. The van der Waals surface area contributed by atoms with Crippen molar-refractivity contribution >= 4 is 5.91 Å². The van der Waals surface area contributed by atoms with Gasteiger partial charge in [0.05, 0.1) is 0 Å². The van der Waals surface area contributed by atoms with Crippen molar-refractivity contribution < 1.29 is 4.79 Å². The summed E-state index contributed by atoms with van der Waals surface area (Å²) in [7, 11) is 0. The van der Waals surface area contributed by atoms with Crippen LogP contribution in [0.5, 0.6) is 0 Å². The number of amides is 1. The molecule has 3 aromatic carbocycles. The molecule has 0 fully saturated rings. The van der Waals surface area contributed by atoms with Gasteiger partial charge in [-0.1, -0.05) is 93.6 Å². The van der Waals surface area contributed by atoms with E-state index in [1.807, 2.05) is 36.4 Å². The van der Waals surface area contributed by atoms with Crippen LogP contribution in [0.4, 0.5) is 0 Å². The molecular formula is C26H29NO. The van der Waals surface area contributed by atoms with Gasteiger partial charge in [0.1, 0.15) is 0 Å². The van der Waals surface area contributed by atoms with Crippen LogP contribution in [-0.4, -0.2) is 12.5 Å². The minimum absolute atomic E-state index is 0.0136. The molecule has 0 aliphatic heterocycles. The van der Waals surface area contributed by atoms with E-state index < -0.39 is 0 Å². The maximum absolute atomic E-state index is 12.5. The van der Waals surface area contributed by atoms with Gasteiger partial charge in [-0.05, 0) is 40.7 Å². The summed E-state index contributed by atoms with van der Waals surface area (Å²) in [6.45, 7) is 7.16. The van der Waals surface area contributed by atoms with Gasteiger partial charge in [0.25, 0.3) is 5.91 Å². The van der Waals surface area contributed by atoms with Crippen molar-refractivity contribution in [1.29, 1.82) is 0 Å². The highest BCUT2D eigenvalue weighted by Crippen LogP contribution is 2.27. The minimum Gasteiger partial charge on any atom is -0.352 e. The zero-order valence-corrected chi connectivity index (χ0v) is 17.0. The van der Waals surface area contributed by atoms with Crippen molar-refractivity contribution in [2.24, 2.45) is 0 Å². The van der Waals surface area contributed by atoms with Crippen molar-refractivity contribution in [3.63, 3.8) is 0 Å². The topological polar surface area (TPSA) is 29.1 Å². The molecule has 1 N–H and O–H groups in total. The molecule has 0 heterocycles. The van der Waals surface area contributed by atoms with E-state index in [1.54, 1.807) is 0 Å². The van der Waals surface area contributed by atoms with E-state index in [0.717, 1.165) is 6.42 Å². The SMILES string of the molecule is CC(C)(C)c1ccc(C(=O)NCCC(c2ccccc2)c2ccccc2)cc1. The first-order chi connectivity index (χ1) is 13.4. The number of hydrogen-bond donors (Lipinski definition) is 1. The van der Waals surface area contributed by atoms with Gasteiger partial charge >= 0.3 is 0 Å². The Morgan fingerprint density at radius 1 is 0.786 bits per heavy atom. The van der Waals surface area contributed by atoms with Crippen LogP contribution in [0.2, 0.25) is 0 Å². The second kappa shape index (κ2) is 8.88. The molecule has 0 saturated carbocycles. The first-order valence-corrected chi connectivity index (χ1v) is 9.94. The van der Waals surface area contributed by atoms with Crippen LogP contribution in [0.3, 0.4) is 0 Å². The van der Waals surface area contributed by atoms with Gasteiger partial charge in [-0.3, -0.25) is 4.79 Å². The molecule has 2 heteroatoms. The van der Waals surface area contributed by atoms with Crippen LogP contribution in [0, 0.1) is 0 Å². The summed E-state index contributed by atoms with van der Waals surface area (Å²) in [6, 6.07) is 28.9. The molecule has 3 rings (SSSR count). The minimum atomic E-state index is -0.0136. The fraction of sp³-hybridized carbons (Fsp3) is 0.269. The Morgan fingerprint density at radius 3 is 1.75 bits per heavy atom. The fourth-order valence-corrected chi connectivity index (χ4v) is 3.45. The average Bonchev–Trinajstić information content (AvgIpc) is 2.72. The lowest BCUT2D eigenvalue weighted by Gasteiger charge is -2.19. The number of carbonyl (C=O) groups is 1. The van der Waals surface area contributed by atoms with Crippen LogP contribution >= 0.6 is 0 Å². The number of rotatable bonds is 6. The molecule has 28 heavy (non-hydrogen) atoms. The Kier molecular flexibility index (Phi) is 6.30. The van der Waals surface area contributed by atoms with E-state index >= 15 is 0 Å². The predicted octanol–water partition coefficient (Wildman–Crippen LogP) is 5.94. The predicted molar refractivity (Wildman–Crippen MR) is 117 cm³/mol. The van der Waals surface area contributed by atoms with Crippen molar-refractivity contribution in [3.8, 4) is 0 Å². The molecule has 0 spiro atoms. The van der Waals surface area contributed by atoms with E-state index in [1.165, 1.54) is 16.7 Å². The molecule has 0 aliphatic rings. The molecule has 0 atom stereocenters. The van der Waals surface area contributed by atoms with E-state index in [-0.39, 0.29) is 17.2 Å². The molecule has 0 aliphatic carbocycles. The molecular weight excluding hydrogens is 342 g/mol. The number of benzene rings is 3. The molecule has 0 bridgehead atoms. The summed E-state index contributed by atoms with van der Waals surface area (Å²) < 4.78 is 0. The number of nitrogens with one attached hydrogen (secondary N) is 1. The average molecular weight is 372 g/mol. The fourth-order valence-electron chi connectivity index (χ4n) is 3.45. The molecule has 0 radical (unpaired) electrons. The lowest BCUT2D eigenvalue weighted by atomic mass is 9.86. The highest BCUT2D eigenvalue weighted by Gasteiger charge is 2.16. The van der Waals surface area contributed by atoms with Gasteiger partial charge in [-0.2, -0.15) is 0 Å². The van der Waals surface area contributed by atoms with E-state index in [9.17, 15) is 4.79 Å². The highest BCUT2D eigenvalue weighted by molar-refractivity contribution is 5.94. The third kappa shape index (κ3) is 5.10. The van der Waals surface area contributed by atoms with E-state index in [2.05, 4.69) is 74.6 Å². The monoisotopic (exact) mass is 371 g/mol. The summed E-state index contributed by atoms with van der Waals surface area (Å²) in [6.07, 6.45) is 0.861. The third-order valence-electron chi connectivity index (χ3n) is 5.14. The second-order valence-electron chi connectivity index (χ2n) is 8.25. The number of hydrogen-bond acceptors (Lipinski definition) is 1. The summed E-state index contributed by atoms with van der Waals surface area (Å²) in [4.78, 5) is 12.5. The lowest BCUT2D eigenvalue weighted by Crippen LogP contribution is -2.26. The summed E-state index contributed by atoms with van der Waals surface area (Å²) in [5, 5.41) is 3.09. The molecule has 0 aromatic heterocycles. The van der Waals surface area contributed by atoms with E-state index in [0.29, 0.717) is 12.1 Å². The Morgan fingerprint density at radius 2 is 1.29 bits per heavy atom. The molecule has 144 valence electrons. The second-order valence-corrected chi connectivity index (χ2v) is 8.25. The summed E-state index contributed by atoms with van der Waals surface area (Å²) >= 11 is 0. The van der Waals surface area contributed by atoms with Gasteiger partial charge in [0.2, 0.25) is 0 Å². The van der Waals surface area contributed by atoms with Gasteiger partial charge in [0, 0.05) is 18.0 Å². The van der Waals surface area contributed by atoms with Crippen LogP contribution in [0.1, 0.15) is 60.2 Å². The molecule has 0 saturated heterocycles. The number of carbonyl (C=O) groups excluding carboxylic acids is 1. The maximum Gasteiger partial charge on any atom is 0.251 e. The normalized spacial score (nSPS) is 11.4. The van der Waals surface area contributed by atoms with Crippen LogP contribution in [0.15, 0.2) is 84.9 Å². The largest absolute Gasteiger partial charge is 0.352 e. The maximum atomic E-state index is 12.5. The van der Waals surface area contributed by atoms with Crippen molar-refractivity contribution in [2.45, 2.75) is 38.5 Å². The van der Waals surface area contributed by atoms with Gasteiger partial charge in [-0.15, -0.1) is 0 Å². The van der Waals surface area contributed by atoms with Crippen molar-refractivity contribution in [3.05, 3.63) is 107 Å². The quantitative estimate of drug-likeness (QED) is 0.571. The van der Waals surface area contributed by atoms with Crippen molar-refractivity contribution in [1.82, 2.24) is 5.32 Å². The van der Waals surface area contributed by atoms with Crippen molar-refractivity contribution in [2.75, 3.05) is 6.54 Å². The van der Waals surface area contributed by atoms with Gasteiger partial charge in [-0.25, -0.2) is 0 Å². The smallest absolute Gasteiger partial charge is 0.251 e. The summed E-state index contributed by atoms with van der Waals surface area (Å²) in [5.41, 5.74) is 4.59. The molecule has 3 aromatic rings. The van der Waals surface area contributed by atoms with E-state index in [4.69, 9.17) is 0 Å². The molecule has 1 amide bonds. The Hall–Kier alpha value is -2.87. The molecule has 0 unspecified atom stereocenters. The standard InChI is InChI=1S/C26H29NO/c1-26(2,3)23-16-14-22(15-17-23)25(28)27-19-18-24(20-10-6-4-7-11-20)21-12-8-5-9-13-21/h4-17,24H,18-19H2,1-3H3,(H,27,28). The van der Waals surface area contributed by atoms with Gasteiger partial charge < -0.3 is 5.32 Å². The Bertz CT molecular complexity index is 838. The lowest BCUT2D eigenvalue weighted by molar-refractivity contribution is 0.0952. The third-order valence-corrected chi connectivity index (χ3v) is 5.14. The van der Waals surface area contributed by atoms with Crippen LogP contribution in [0.25, 0.3) is 0 Å². The summed E-state index contributed by atoms with van der Waals surface area (Å²) in [5.74, 6) is 0.256. The van der Waals surface area contributed by atoms with Gasteiger partial charge in [0.15, 0.2) is 0 Å². The zero-order chi connectivity index (χ0) is 20.0. The zero-order valence-electron chi connectivity index (χ0n) is 17.0. The van der Waals surface area contributed by atoms with Crippen LogP contribution < -0.4 is 5.32 Å².